The van der Waals surface area contributed by atoms with E-state index >= 15 is 0 Å². The minimum Gasteiger partial charge on any atom is -0.497 e. The number of cyclic esters (lactones) is 1. The van der Waals surface area contributed by atoms with Crippen molar-refractivity contribution in [3.63, 3.8) is 0 Å². The number of methoxy groups -OCH3 is 2. The monoisotopic (exact) mass is 430 g/mol. The zero-order chi connectivity index (χ0) is 21.3. The summed E-state index contributed by atoms with van der Waals surface area (Å²) in [5, 5.41) is -0.338. The Hall–Kier alpha value is -2.68. The van der Waals surface area contributed by atoms with Crippen LogP contribution in [-0.2, 0) is 15.1 Å². The number of carbonyl (C=O) groups is 1. The van der Waals surface area contributed by atoms with Gasteiger partial charge in [0.15, 0.2) is 5.82 Å². The van der Waals surface area contributed by atoms with Gasteiger partial charge in [-0.3, -0.25) is 4.90 Å². The van der Waals surface area contributed by atoms with Crippen LogP contribution in [0.2, 0.25) is 5.02 Å². The second-order valence-electron chi connectivity index (χ2n) is 6.62. The smallest absolute Gasteiger partial charge is 0.330 e. The number of carbonyl (C=O) groups excluding carboxylic acids is 1. The van der Waals surface area contributed by atoms with E-state index in [-0.39, 0.29) is 11.4 Å². The Bertz CT molecular complexity index is 908. The summed E-state index contributed by atoms with van der Waals surface area (Å²) in [4.78, 5) is 16.6. The van der Waals surface area contributed by atoms with Crippen molar-refractivity contribution in [2.75, 3.05) is 19.1 Å². The van der Waals surface area contributed by atoms with Crippen LogP contribution >= 0.6 is 11.6 Å². The maximum Gasteiger partial charge on any atom is 0.330 e. The Morgan fingerprint density at radius 3 is 2.38 bits per heavy atom. The van der Waals surface area contributed by atoms with Gasteiger partial charge >= 0.3 is 12.5 Å². The van der Waals surface area contributed by atoms with Crippen LogP contribution in [0, 0.1) is 5.82 Å². The Morgan fingerprint density at radius 1 is 1.24 bits per heavy atom. The van der Waals surface area contributed by atoms with Crippen LogP contribution in [0.15, 0.2) is 30.5 Å². The van der Waals surface area contributed by atoms with Gasteiger partial charge in [-0.25, -0.2) is 14.2 Å². The quantitative estimate of drug-likeness (QED) is 0.507. The summed E-state index contributed by atoms with van der Waals surface area (Å²) in [6.07, 6.45) is 0.630. The molecule has 3 rings (SSSR count). The molecule has 6 nitrogen and oxygen atoms in total. The zero-order valence-corrected chi connectivity index (χ0v) is 16.5. The van der Waals surface area contributed by atoms with E-state index in [4.69, 9.17) is 25.8 Å². The van der Waals surface area contributed by atoms with Crippen LogP contribution in [0.3, 0.4) is 0 Å². The van der Waals surface area contributed by atoms with Gasteiger partial charge in [-0.15, -0.1) is 0 Å². The van der Waals surface area contributed by atoms with Crippen LogP contribution in [0.5, 0.6) is 11.5 Å². The number of ether oxygens (including phenoxy) is 3. The van der Waals surface area contributed by atoms with Gasteiger partial charge in [-0.1, -0.05) is 11.6 Å². The van der Waals surface area contributed by atoms with E-state index in [0.717, 1.165) is 12.3 Å². The highest BCUT2D eigenvalue weighted by Crippen LogP contribution is 2.43. The number of halogens is 4. The van der Waals surface area contributed by atoms with Gasteiger partial charge in [-0.05, 0) is 25.1 Å². The molecule has 2 aromatic rings. The highest BCUT2D eigenvalue weighted by molar-refractivity contribution is 6.33. The van der Waals surface area contributed by atoms with Crippen molar-refractivity contribution in [2.45, 2.75) is 31.5 Å². The molecule has 0 N–H and O–H groups in total. The van der Waals surface area contributed by atoms with Gasteiger partial charge in [0, 0.05) is 18.1 Å². The molecule has 0 aliphatic carbocycles. The lowest BCUT2D eigenvalue weighted by Crippen LogP contribution is -2.43. The highest BCUT2D eigenvalue weighted by Gasteiger charge is 2.50. The molecule has 0 spiro atoms. The summed E-state index contributed by atoms with van der Waals surface area (Å²) >= 11 is 5.90. The van der Waals surface area contributed by atoms with E-state index in [1.54, 1.807) is 25.1 Å². The summed E-state index contributed by atoms with van der Waals surface area (Å²) in [5.41, 5.74) is -0.722. The molecule has 1 aromatic heterocycles. The molecule has 0 bridgehead atoms. The van der Waals surface area contributed by atoms with E-state index in [9.17, 15) is 18.0 Å². The van der Waals surface area contributed by atoms with Crippen LogP contribution in [-0.4, -0.2) is 37.8 Å². The molecule has 0 radical (unpaired) electrons. The average molecular weight is 431 g/mol. The average Bonchev–Trinajstić information content (AvgIpc) is 2.98. The van der Waals surface area contributed by atoms with E-state index in [1.165, 1.54) is 14.2 Å². The Morgan fingerprint density at radius 2 is 1.86 bits per heavy atom. The number of rotatable bonds is 6. The number of anilines is 1. The molecule has 10 heteroatoms. The second-order valence-corrected chi connectivity index (χ2v) is 7.02. The molecule has 156 valence electrons. The first-order valence-electron chi connectivity index (χ1n) is 8.52. The molecule has 2 heterocycles. The Kier molecular flexibility index (Phi) is 5.79. The largest absolute Gasteiger partial charge is 0.497 e. The van der Waals surface area contributed by atoms with Crippen molar-refractivity contribution in [1.82, 2.24) is 4.98 Å². The summed E-state index contributed by atoms with van der Waals surface area (Å²) in [7, 11) is 2.93. The van der Waals surface area contributed by atoms with Crippen molar-refractivity contribution in [3.05, 3.63) is 46.9 Å². The van der Waals surface area contributed by atoms with Gasteiger partial charge < -0.3 is 14.2 Å². The lowest BCUT2D eigenvalue weighted by atomic mass is 9.90. The number of aromatic nitrogens is 1. The molecule has 1 saturated heterocycles. The predicted octanol–water partition coefficient (Wildman–Crippen LogP) is 4.15. The number of esters is 1. The van der Waals surface area contributed by atoms with Crippen LogP contribution in [0.4, 0.5) is 19.0 Å². The van der Waals surface area contributed by atoms with E-state index in [2.05, 4.69) is 4.98 Å². The molecule has 29 heavy (non-hydrogen) atoms. The van der Waals surface area contributed by atoms with Crippen molar-refractivity contribution in [3.8, 4) is 11.5 Å². The molecule has 1 aromatic carbocycles. The lowest BCUT2D eigenvalue weighted by molar-refractivity contribution is -0.149. The molecule has 1 aliphatic heterocycles. The first kappa shape index (κ1) is 21.0. The fraction of sp³-hybridized carbons (Fsp3) is 0.368. The first-order valence-corrected chi connectivity index (χ1v) is 8.90. The summed E-state index contributed by atoms with van der Waals surface area (Å²) < 4.78 is 57.0. The Labute approximate surface area is 170 Å². The topological polar surface area (TPSA) is 60.9 Å². The third-order valence-electron chi connectivity index (χ3n) is 4.72. The summed E-state index contributed by atoms with van der Waals surface area (Å²) in [5.74, 6) is -1.16. The van der Waals surface area contributed by atoms with Gasteiger partial charge in [0.1, 0.15) is 29.0 Å². The lowest BCUT2D eigenvalue weighted by Gasteiger charge is -2.28. The molecular weight excluding hydrogens is 413 g/mol. The van der Waals surface area contributed by atoms with Gasteiger partial charge in [-0.2, -0.15) is 8.78 Å². The zero-order valence-electron chi connectivity index (χ0n) is 15.8. The third-order valence-corrected chi connectivity index (χ3v) is 5.00. The van der Waals surface area contributed by atoms with Crippen LogP contribution in [0.25, 0.3) is 0 Å². The summed E-state index contributed by atoms with van der Waals surface area (Å²) in [6, 6.07) is 4.37. The predicted molar refractivity (Wildman–Crippen MR) is 99.1 cm³/mol. The number of hydrogen-bond donors (Lipinski definition) is 0. The fourth-order valence-electron chi connectivity index (χ4n) is 3.26. The molecule has 0 amide bonds. The third kappa shape index (κ3) is 4.05. The number of pyridine rings is 1. The Balaban J connectivity index is 1.99. The van der Waals surface area contributed by atoms with Gasteiger partial charge in [0.05, 0.1) is 25.4 Å². The maximum absolute atomic E-state index is 13.9. The second kappa shape index (κ2) is 7.98. The number of nitrogens with zero attached hydrogens (tertiary/aromatic N) is 2. The molecule has 2 unspecified atom stereocenters. The number of hydrogen-bond acceptors (Lipinski definition) is 6. The van der Waals surface area contributed by atoms with E-state index in [0.29, 0.717) is 22.0 Å². The van der Waals surface area contributed by atoms with Crippen molar-refractivity contribution in [1.29, 1.82) is 0 Å². The minimum absolute atomic E-state index is 0.123. The molecular formula is C19H18ClF3N2O4. The van der Waals surface area contributed by atoms with Crippen LogP contribution < -0.4 is 14.4 Å². The fourth-order valence-corrected chi connectivity index (χ4v) is 3.51. The molecule has 1 fully saturated rings. The SMILES string of the molecule is COc1cc(OC)cc(C2(C)CC(N(c3ncc(F)cc3Cl)C(F)F)C(=O)O2)c1. The van der Waals surface area contributed by atoms with Gasteiger partial charge in [0.25, 0.3) is 0 Å². The number of alkyl halides is 2. The normalized spacial score (nSPS) is 21.2. The molecule has 0 saturated carbocycles. The van der Waals surface area contributed by atoms with Crippen LogP contribution in [0.1, 0.15) is 18.9 Å². The molecule has 1 aliphatic rings. The van der Waals surface area contributed by atoms with Crippen molar-refractivity contribution < 1.29 is 32.2 Å². The van der Waals surface area contributed by atoms with E-state index in [1.807, 2.05) is 0 Å². The van der Waals surface area contributed by atoms with Crippen molar-refractivity contribution in [2.24, 2.45) is 0 Å². The maximum atomic E-state index is 13.9. The van der Waals surface area contributed by atoms with E-state index < -0.39 is 35.8 Å². The van der Waals surface area contributed by atoms with Crippen molar-refractivity contribution >= 4 is 23.4 Å². The van der Waals surface area contributed by atoms with Gasteiger partial charge in [0.2, 0.25) is 0 Å². The molecule has 2 atom stereocenters. The number of benzene rings is 1. The summed E-state index contributed by atoms with van der Waals surface area (Å²) in [6.45, 7) is -1.52. The highest BCUT2D eigenvalue weighted by atomic mass is 35.5. The first-order chi connectivity index (χ1) is 13.7. The standard InChI is InChI=1S/C19H18ClF3N2O4/c1-19(10-4-12(27-2)7-13(5-10)28-3)8-15(17(26)29-19)25(18(22)23)16-14(20)6-11(21)9-24-16/h4-7,9,15,18H,8H2,1-3H3. The minimum atomic E-state index is -3.12.